The van der Waals surface area contributed by atoms with Crippen LogP contribution in [0.1, 0.15) is 5.56 Å². The lowest BCUT2D eigenvalue weighted by Gasteiger charge is -1.91. The molecule has 0 spiro atoms. The SMILES string of the molecule is N#Cc1cc(F)c2sc(F)cc2c1. The van der Waals surface area contributed by atoms with Crippen molar-refractivity contribution in [2.24, 2.45) is 0 Å². The Hall–Kier alpha value is -1.47. The standard InChI is InChI=1S/C9H3F2NS/c10-7-2-5(4-12)1-6-3-8(11)13-9(6)7/h1-3H. The monoisotopic (exact) mass is 195 g/mol. The van der Waals surface area contributed by atoms with Gasteiger partial charge in [0.15, 0.2) is 5.13 Å². The molecule has 0 saturated heterocycles. The maximum Gasteiger partial charge on any atom is 0.177 e. The van der Waals surface area contributed by atoms with Crippen molar-refractivity contribution < 1.29 is 8.78 Å². The van der Waals surface area contributed by atoms with E-state index in [1.165, 1.54) is 12.1 Å². The second kappa shape index (κ2) is 2.79. The Kier molecular flexibility index (Phi) is 1.74. The predicted octanol–water partition coefficient (Wildman–Crippen LogP) is 3.05. The number of hydrogen-bond donors (Lipinski definition) is 0. The number of nitriles is 1. The Morgan fingerprint density at radius 3 is 2.69 bits per heavy atom. The molecule has 0 N–H and O–H groups in total. The average molecular weight is 195 g/mol. The van der Waals surface area contributed by atoms with E-state index in [0.717, 1.165) is 17.4 Å². The maximum absolute atomic E-state index is 13.1. The van der Waals surface area contributed by atoms with Gasteiger partial charge in [-0.3, -0.25) is 0 Å². The Bertz CT molecular complexity index is 510. The number of thiophene rings is 1. The van der Waals surface area contributed by atoms with Crippen molar-refractivity contribution in [2.75, 3.05) is 0 Å². The predicted molar refractivity (Wildman–Crippen MR) is 46.5 cm³/mol. The Balaban J connectivity index is 2.85. The summed E-state index contributed by atoms with van der Waals surface area (Å²) in [6.45, 7) is 0. The molecule has 13 heavy (non-hydrogen) atoms. The fourth-order valence-electron chi connectivity index (χ4n) is 1.14. The lowest BCUT2D eigenvalue weighted by atomic mass is 10.2. The first kappa shape index (κ1) is 8.14. The van der Waals surface area contributed by atoms with E-state index < -0.39 is 10.9 Å². The van der Waals surface area contributed by atoms with Gasteiger partial charge in [0.25, 0.3) is 0 Å². The van der Waals surface area contributed by atoms with Crippen LogP contribution in [0.2, 0.25) is 0 Å². The first-order valence-electron chi connectivity index (χ1n) is 3.49. The van der Waals surface area contributed by atoms with E-state index in [1.807, 2.05) is 6.07 Å². The van der Waals surface area contributed by atoms with Crippen LogP contribution in [-0.2, 0) is 0 Å². The quantitative estimate of drug-likeness (QED) is 0.633. The highest BCUT2D eigenvalue weighted by Crippen LogP contribution is 2.27. The van der Waals surface area contributed by atoms with E-state index >= 15 is 0 Å². The van der Waals surface area contributed by atoms with Gasteiger partial charge in [0.1, 0.15) is 5.82 Å². The van der Waals surface area contributed by atoms with Crippen molar-refractivity contribution in [2.45, 2.75) is 0 Å². The highest BCUT2D eigenvalue weighted by Gasteiger charge is 2.07. The van der Waals surface area contributed by atoms with E-state index in [0.29, 0.717) is 5.39 Å². The van der Waals surface area contributed by atoms with Crippen molar-refractivity contribution in [3.8, 4) is 6.07 Å². The molecule has 0 saturated carbocycles. The molecule has 1 aromatic heterocycles. The van der Waals surface area contributed by atoms with E-state index in [1.54, 1.807) is 0 Å². The van der Waals surface area contributed by atoms with Crippen LogP contribution in [-0.4, -0.2) is 0 Å². The minimum atomic E-state index is -0.539. The third-order valence-electron chi connectivity index (χ3n) is 1.67. The summed E-state index contributed by atoms with van der Waals surface area (Å²) in [4.78, 5) is 0. The van der Waals surface area contributed by atoms with Gasteiger partial charge >= 0.3 is 0 Å². The average Bonchev–Trinajstić information content (AvgIpc) is 2.46. The molecule has 2 rings (SSSR count). The van der Waals surface area contributed by atoms with Gasteiger partial charge in [0.2, 0.25) is 0 Å². The van der Waals surface area contributed by atoms with Gasteiger partial charge in [-0.05, 0) is 23.6 Å². The third-order valence-corrected chi connectivity index (χ3v) is 2.62. The van der Waals surface area contributed by atoms with Gasteiger partial charge in [-0.2, -0.15) is 9.65 Å². The molecule has 4 heteroatoms. The van der Waals surface area contributed by atoms with Crippen LogP contribution in [0.15, 0.2) is 18.2 Å². The second-order valence-corrected chi connectivity index (χ2v) is 3.54. The Labute approximate surface area is 76.8 Å². The highest BCUT2D eigenvalue weighted by atomic mass is 32.1. The Morgan fingerprint density at radius 2 is 2.00 bits per heavy atom. The molecular weight excluding hydrogens is 192 g/mol. The molecule has 0 bridgehead atoms. The summed E-state index contributed by atoms with van der Waals surface area (Å²) in [6, 6.07) is 5.62. The maximum atomic E-state index is 13.1. The molecule has 1 nitrogen and oxygen atoms in total. The number of halogens is 2. The zero-order valence-corrected chi connectivity index (χ0v) is 7.16. The number of benzene rings is 1. The molecule has 0 fully saturated rings. The van der Waals surface area contributed by atoms with Crippen molar-refractivity contribution in [1.82, 2.24) is 0 Å². The summed E-state index contributed by atoms with van der Waals surface area (Å²) in [7, 11) is 0. The molecule has 0 radical (unpaired) electrons. The van der Waals surface area contributed by atoms with Gasteiger partial charge in [-0.25, -0.2) is 4.39 Å². The number of rotatable bonds is 0. The fraction of sp³-hybridized carbons (Fsp3) is 0. The summed E-state index contributed by atoms with van der Waals surface area (Å²) in [5, 5.41) is 8.52. The van der Waals surface area contributed by atoms with E-state index in [4.69, 9.17) is 5.26 Å². The summed E-state index contributed by atoms with van der Waals surface area (Å²) < 4.78 is 26.1. The van der Waals surface area contributed by atoms with Crippen LogP contribution in [0.25, 0.3) is 10.1 Å². The van der Waals surface area contributed by atoms with Gasteiger partial charge in [0.05, 0.1) is 16.3 Å². The van der Waals surface area contributed by atoms with Crippen LogP contribution >= 0.6 is 11.3 Å². The molecule has 0 aliphatic heterocycles. The van der Waals surface area contributed by atoms with Crippen molar-refractivity contribution in [3.63, 3.8) is 0 Å². The van der Waals surface area contributed by atoms with Crippen molar-refractivity contribution in [1.29, 1.82) is 5.26 Å². The zero-order valence-electron chi connectivity index (χ0n) is 6.34. The fourth-order valence-corrected chi connectivity index (χ4v) is 1.92. The Morgan fingerprint density at radius 1 is 1.23 bits per heavy atom. The number of hydrogen-bond acceptors (Lipinski definition) is 2. The molecule has 1 aromatic carbocycles. The molecule has 2 aromatic rings. The summed E-state index contributed by atoms with van der Waals surface area (Å²) >= 11 is 0.747. The lowest BCUT2D eigenvalue weighted by molar-refractivity contribution is 0.641. The molecule has 0 unspecified atom stereocenters. The highest BCUT2D eigenvalue weighted by molar-refractivity contribution is 7.17. The van der Waals surface area contributed by atoms with Crippen LogP contribution in [0.5, 0.6) is 0 Å². The lowest BCUT2D eigenvalue weighted by Crippen LogP contribution is -1.77. The van der Waals surface area contributed by atoms with Crippen LogP contribution in [0.4, 0.5) is 8.78 Å². The minimum Gasteiger partial charge on any atom is -0.205 e. The smallest absolute Gasteiger partial charge is 0.177 e. The topological polar surface area (TPSA) is 23.8 Å². The van der Waals surface area contributed by atoms with Gasteiger partial charge in [-0.1, -0.05) is 0 Å². The first-order valence-corrected chi connectivity index (χ1v) is 4.31. The zero-order chi connectivity index (χ0) is 9.42. The van der Waals surface area contributed by atoms with Gasteiger partial charge in [0, 0.05) is 0 Å². The number of fused-ring (bicyclic) bond motifs is 1. The van der Waals surface area contributed by atoms with E-state index in [-0.39, 0.29) is 10.3 Å². The summed E-state index contributed by atoms with van der Waals surface area (Å²) in [6.07, 6.45) is 0. The van der Waals surface area contributed by atoms with Crippen LogP contribution < -0.4 is 0 Å². The first-order chi connectivity index (χ1) is 6.20. The van der Waals surface area contributed by atoms with E-state index in [2.05, 4.69) is 0 Å². The van der Waals surface area contributed by atoms with Crippen molar-refractivity contribution >= 4 is 21.4 Å². The van der Waals surface area contributed by atoms with Crippen LogP contribution in [0.3, 0.4) is 0 Å². The van der Waals surface area contributed by atoms with E-state index in [9.17, 15) is 8.78 Å². The van der Waals surface area contributed by atoms with Gasteiger partial charge < -0.3 is 0 Å². The third kappa shape index (κ3) is 1.27. The second-order valence-electron chi connectivity index (χ2n) is 2.54. The molecule has 0 aliphatic rings. The molecule has 0 amide bonds. The summed E-state index contributed by atoms with van der Waals surface area (Å²) in [5.41, 5.74) is 0.211. The van der Waals surface area contributed by atoms with Crippen LogP contribution in [0, 0.1) is 22.3 Å². The molecule has 64 valence electrons. The molecule has 0 aliphatic carbocycles. The molecular formula is C9H3F2NS. The normalized spacial score (nSPS) is 10.2. The number of nitrogens with zero attached hydrogens (tertiary/aromatic N) is 1. The minimum absolute atomic E-state index is 0.211. The van der Waals surface area contributed by atoms with Crippen molar-refractivity contribution in [3.05, 3.63) is 34.7 Å². The summed E-state index contributed by atoms with van der Waals surface area (Å²) in [5.74, 6) is -0.539. The molecule has 1 heterocycles. The largest absolute Gasteiger partial charge is 0.205 e. The van der Waals surface area contributed by atoms with Gasteiger partial charge in [-0.15, -0.1) is 11.3 Å². The molecule has 0 atom stereocenters.